The number of thioether (sulfide) groups is 1. The second-order valence-corrected chi connectivity index (χ2v) is 7.27. The summed E-state index contributed by atoms with van der Waals surface area (Å²) in [7, 11) is 1.58. The molecule has 2 amide bonds. The zero-order valence-corrected chi connectivity index (χ0v) is 16.9. The van der Waals surface area contributed by atoms with Crippen molar-refractivity contribution in [1.29, 1.82) is 10.5 Å². The van der Waals surface area contributed by atoms with Crippen molar-refractivity contribution in [2.75, 3.05) is 18.5 Å². The molecule has 0 fully saturated rings. The van der Waals surface area contributed by atoms with Gasteiger partial charge in [-0.15, -0.1) is 0 Å². The highest BCUT2D eigenvalue weighted by Gasteiger charge is 2.26. The van der Waals surface area contributed by atoms with Crippen molar-refractivity contribution in [3.63, 3.8) is 0 Å². The van der Waals surface area contributed by atoms with E-state index >= 15 is 0 Å². The van der Waals surface area contributed by atoms with E-state index in [9.17, 15) is 20.1 Å². The smallest absolute Gasteiger partial charge is 0.236 e. The Kier molecular flexibility index (Phi) is 7.18. The Morgan fingerprint density at radius 1 is 1.17 bits per heavy atom. The van der Waals surface area contributed by atoms with Gasteiger partial charge in [-0.3, -0.25) is 9.59 Å². The van der Waals surface area contributed by atoms with Gasteiger partial charge in [0.25, 0.3) is 0 Å². The number of anilines is 1. The number of benzene rings is 1. The third kappa shape index (κ3) is 4.84. The van der Waals surface area contributed by atoms with E-state index in [0.717, 1.165) is 11.8 Å². The lowest BCUT2D eigenvalue weighted by Crippen LogP contribution is -2.32. The standard InChI is InChI=1S/C20H20N6O2S/c1-3-13-14(9-21)19(26(2)11-16(23)27)25-20(15(13)10-22)29-17(18(24)28)12-7-5-4-6-8-12/h4-8,17H,3,11H2,1-2H3,(H2,23,27)(H2,24,28). The molecule has 0 spiro atoms. The predicted octanol–water partition coefficient (Wildman–Crippen LogP) is 1.63. The van der Waals surface area contributed by atoms with Crippen molar-refractivity contribution in [2.45, 2.75) is 23.6 Å². The molecule has 1 unspecified atom stereocenters. The number of carbonyl (C=O) groups is 2. The summed E-state index contributed by atoms with van der Waals surface area (Å²) >= 11 is 1.04. The number of aromatic nitrogens is 1. The summed E-state index contributed by atoms with van der Waals surface area (Å²) in [6.45, 7) is 1.66. The van der Waals surface area contributed by atoms with E-state index in [2.05, 4.69) is 17.1 Å². The molecule has 0 radical (unpaired) electrons. The summed E-state index contributed by atoms with van der Waals surface area (Å²) in [5, 5.41) is 18.9. The molecular formula is C20H20N6O2S. The number of primary amides is 2. The van der Waals surface area contributed by atoms with Crippen molar-refractivity contribution in [2.24, 2.45) is 11.5 Å². The lowest BCUT2D eigenvalue weighted by Gasteiger charge is -2.22. The van der Waals surface area contributed by atoms with Gasteiger partial charge in [0.05, 0.1) is 17.7 Å². The van der Waals surface area contributed by atoms with Gasteiger partial charge in [-0.1, -0.05) is 49.0 Å². The highest BCUT2D eigenvalue weighted by Crippen LogP contribution is 2.39. The molecule has 148 valence electrons. The minimum atomic E-state index is -0.775. The molecule has 4 N–H and O–H groups in total. The van der Waals surface area contributed by atoms with Gasteiger partial charge in [-0.25, -0.2) is 4.98 Å². The number of nitrogens with two attached hydrogens (primary N) is 2. The summed E-state index contributed by atoms with van der Waals surface area (Å²) < 4.78 is 0. The number of hydrogen-bond donors (Lipinski definition) is 2. The van der Waals surface area contributed by atoms with Crippen LogP contribution in [-0.4, -0.2) is 30.4 Å². The minimum Gasteiger partial charge on any atom is -0.368 e. The van der Waals surface area contributed by atoms with E-state index in [1.165, 1.54) is 4.90 Å². The van der Waals surface area contributed by atoms with Crippen LogP contribution in [0.1, 0.15) is 34.4 Å². The van der Waals surface area contributed by atoms with E-state index in [1.54, 1.807) is 31.3 Å². The van der Waals surface area contributed by atoms with Gasteiger partial charge < -0.3 is 16.4 Å². The Morgan fingerprint density at radius 2 is 1.79 bits per heavy atom. The van der Waals surface area contributed by atoms with Crippen molar-refractivity contribution in [3.8, 4) is 12.1 Å². The zero-order chi connectivity index (χ0) is 21.6. The second-order valence-electron chi connectivity index (χ2n) is 6.18. The molecule has 1 heterocycles. The van der Waals surface area contributed by atoms with Crippen LogP contribution in [-0.2, 0) is 16.0 Å². The van der Waals surface area contributed by atoms with Crippen molar-refractivity contribution >= 4 is 29.4 Å². The van der Waals surface area contributed by atoms with Gasteiger partial charge in [-0.2, -0.15) is 10.5 Å². The van der Waals surface area contributed by atoms with Crippen LogP contribution in [0, 0.1) is 22.7 Å². The largest absolute Gasteiger partial charge is 0.368 e. The molecule has 1 aromatic carbocycles. The van der Waals surface area contributed by atoms with Gasteiger partial charge in [0.1, 0.15) is 28.2 Å². The normalized spacial score (nSPS) is 11.2. The van der Waals surface area contributed by atoms with Gasteiger partial charge in [-0.05, 0) is 17.5 Å². The molecule has 0 saturated heterocycles. The maximum atomic E-state index is 12.1. The van der Waals surface area contributed by atoms with Crippen LogP contribution < -0.4 is 16.4 Å². The number of hydrogen-bond acceptors (Lipinski definition) is 7. The first-order valence-corrected chi connectivity index (χ1v) is 9.59. The number of nitrogens with zero attached hydrogens (tertiary/aromatic N) is 4. The fraction of sp³-hybridized carbons (Fsp3) is 0.250. The Hall–Kier alpha value is -3.56. The topological polar surface area (TPSA) is 150 Å². The maximum Gasteiger partial charge on any atom is 0.236 e. The molecule has 1 atom stereocenters. The molecule has 8 nitrogen and oxygen atoms in total. The Balaban J connectivity index is 2.66. The van der Waals surface area contributed by atoms with Crippen molar-refractivity contribution in [1.82, 2.24) is 4.98 Å². The first kappa shape index (κ1) is 21.7. The number of pyridine rings is 1. The van der Waals surface area contributed by atoms with Crippen LogP contribution in [0.15, 0.2) is 35.4 Å². The average molecular weight is 408 g/mol. The first-order valence-electron chi connectivity index (χ1n) is 8.71. The first-order chi connectivity index (χ1) is 13.8. The number of amides is 2. The summed E-state index contributed by atoms with van der Waals surface area (Å²) in [6, 6.07) is 13.1. The lowest BCUT2D eigenvalue weighted by atomic mass is 10.0. The minimum absolute atomic E-state index is 0.154. The SMILES string of the molecule is CCc1c(C#N)c(SC(C(N)=O)c2ccccc2)nc(N(C)CC(N)=O)c1C#N. The van der Waals surface area contributed by atoms with Gasteiger partial charge in [0.15, 0.2) is 0 Å². The van der Waals surface area contributed by atoms with Crippen LogP contribution in [0.2, 0.25) is 0 Å². The highest BCUT2D eigenvalue weighted by atomic mass is 32.2. The molecule has 2 rings (SSSR count). The maximum absolute atomic E-state index is 12.1. The van der Waals surface area contributed by atoms with Crippen molar-refractivity contribution < 1.29 is 9.59 Å². The van der Waals surface area contributed by atoms with E-state index in [1.807, 2.05) is 13.0 Å². The highest BCUT2D eigenvalue weighted by molar-refractivity contribution is 8.00. The van der Waals surface area contributed by atoms with Gasteiger partial charge in [0, 0.05) is 7.05 Å². The van der Waals surface area contributed by atoms with Crippen LogP contribution in [0.5, 0.6) is 0 Å². The van der Waals surface area contributed by atoms with E-state index in [-0.39, 0.29) is 28.5 Å². The molecule has 2 aromatic rings. The number of nitriles is 2. The second kappa shape index (κ2) is 9.58. The monoisotopic (exact) mass is 408 g/mol. The summed E-state index contributed by atoms with van der Waals surface area (Å²) in [6.07, 6.45) is 0.395. The van der Waals surface area contributed by atoms with E-state index < -0.39 is 17.1 Å². The summed E-state index contributed by atoms with van der Waals surface area (Å²) in [5.41, 5.74) is 12.5. The van der Waals surface area contributed by atoms with Gasteiger partial charge >= 0.3 is 0 Å². The lowest BCUT2D eigenvalue weighted by molar-refractivity contribution is -0.118. The Morgan fingerprint density at radius 3 is 2.28 bits per heavy atom. The van der Waals surface area contributed by atoms with Gasteiger partial charge in [0.2, 0.25) is 11.8 Å². The zero-order valence-electron chi connectivity index (χ0n) is 16.0. The van der Waals surface area contributed by atoms with Crippen LogP contribution in [0.4, 0.5) is 5.82 Å². The number of carbonyl (C=O) groups excluding carboxylic acids is 2. The van der Waals surface area contributed by atoms with Crippen molar-refractivity contribution in [3.05, 3.63) is 52.6 Å². The Labute approximate surface area is 173 Å². The molecule has 9 heteroatoms. The molecule has 0 aliphatic heterocycles. The fourth-order valence-electron chi connectivity index (χ4n) is 2.88. The quantitative estimate of drug-likeness (QED) is 0.630. The molecule has 0 aliphatic carbocycles. The third-order valence-electron chi connectivity index (χ3n) is 4.17. The van der Waals surface area contributed by atoms with Crippen LogP contribution >= 0.6 is 11.8 Å². The number of rotatable bonds is 8. The average Bonchev–Trinajstić information content (AvgIpc) is 2.70. The molecule has 0 aliphatic rings. The van der Waals surface area contributed by atoms with Crippen LogP contribution in [0.25, 0.3) is 0 Å². The molecule has 0 saturated carbocycles. The molecule has 29 heavy (non-hydrogen) atoms. The summed E-state index contributed by atoms with van der Waals surface area (Å²) in [4.78, 5) is 29.4. The Bertz CT molecular complexity index is 1010. The predicted molar refractivity (Wildman–Crippen MR) is 110 cm³/mol. The molecular weight excluding hydrogens is 388 g/mol. The molecule has 0 bridgehead atoms. The summed E-state index contributed by atoms with van der Waals surface area (Å²) in [5.74, 6) is -0.948. The molecule has 1 aromatic heterocycles. The van der Waals surface area contributed by atoms with E-state index in [0.29, 0.717) is 17.5 Å². The fourth-order valence-corrected chi connectivity index (χ4v) is 3.94. The van der Waals surface area contributed by atoms with E-state index in [4.69, 9.17) is 11.5 Å². The van der Waals surface area contributed by atoms with Crippen LogP contribution in [0.3, 0.4) is 0 Å². The number of likely N-dealkylation sites (N-methyl/N-ethyl adjacent to an activating group) is 1. The third-order valence-corrected chi connectivity index (χ3v) is 5.43.